The maximum absolute atomic E-state index is 12.9. The molecule has 0 saturated carbocycles. The van der Waals surface area contributed by atoms with E-state index in [9.17, 15) is 4.79 Å². The Morgan fingerprint density at radius 3 is 2.18 bits per heavy atom. The van der Waals surface area contributed by atoms with Crippen molar-refractivity contribution in [3.63, 3.8) is 0 Å². The molecule has 0 fully saturated rings. The molecule has 0 radical (unpaired) electrons. The summed E-state index contributed by atoms with van der Waals surface area (Å²) in [5.74, 6) is 0.123. The summed E-state index contributed by atoms with van der Waals surface area (Å²) in [4.78, 5) is 12.9. The average molecular weight is 288 g/mol. The molecule has 2 aromatic carbocycles. The summed E-state index contributed by atoms with van der Waals surface area (Å²) in [6.45, 7) is 0. The van der Waals surface area contributed by atoms with Crippen LogP contribution in [0.3, 0.4) is 0 Å². The third-order valence-electron chi connectivity index (χ3n) is 4.03. The predicted octanol–water partition coefficient (Wildman–Crippen LogP) is 5.45. The molecule has 1 aliphatic rings. The van der Waals surface area contributed by atoms with E-state index in [4.69, 9.17) is 0 Å². The van der Waals surface area contributed by atoms with Gasteiger partial charge in [-0.3, -0.25) is 4.79 Å². The van der Waals surface area contributed by atoms with Gasteiger partial charge in [0.05, 0.1) is 0 Å². The van der Waals surface area contributed by atoms with Gasteiger partial charge in [0.15, 0.2) is 5.78 Å². The summed E-state index contributed by atoms with van der Waals surface area (Å²) in [7, 11) is 0. The standard InChI is InChI=1S/C21H20O/c22-21(19-14-8-3-9-15-19)20(18-12-6-2-7-13-18)16-17-10-4-1-5-11-17/h1,3-5,8-12,14-16H,2,6-7,13H2. The number of ketones is 1. The summed E-state index contributed by atoms with van der Waals surface area (Å²) in [5.41, 5.74) is 3.88. The van der Waals surface area contributed by atoms with Crippen LogP contribution in [0.2, 0.25) is 0 Å². The monoisotopic (exact) mass is 288 g/mol. The van der Waals surface area contributed by atoms with Crippen molar-refractivity contribution in [1.29, 1.82) is 0 Å². The number of carbonyl (C=O) groups is 1. The second kappa shape index (κ2) is 7.04. The van der Waals surface area contributed by atoms with Crippen molar-refractivity contribution in [3.05, 3.63) is 89.0 Å². The molecule has 0 atom stereocenters. The van der Waals surface area contributed by atoms with Gasteiger partial charge in [0.2, 0.25) is 0 Å². The molecule has 0 N–H and O–H groups in total. The van der Waals surface area contributed by atoms with Crippen molar-refractivity contribution in [3.8, 4) is 0 Å². The van der Waals surface area contributed by atoms with Crippen LogP contribution in [-0.4, -0.2) is 5.78 Å². The maximum Gasteiger partial charge on any atom is 0.193 e. The molecule has 0 heterocycles. The Hall–Kier alpha value is -2.41. The van der Waals surface area contributed by atoms with Crippen molar-refractivity contribution in [2.45, 2.75) is 25.7 Å². The van der Waals surface area contributed by atoms with Gasteiger partial charge < -0.3 is 0 Å². The Morgan fingerprint density at radius 1 is 0.864 bits per heavy atom. The molecule has 2 aromatic rings. The van der Waals surface area contributed by atoms with E-state index < -0.39 is 0 Å². The highest BCUT2D eigenvalue weighted by molar-refractivity contribution is 6.14. The third kappa shape index (κ3) is 3.43. The van der Waals surface area contributed by atoms with Crippen LogP contribution in [0.5, 0.6) is 0 Å². The lowest BCUT2D eigenvalue weighted by molar-refractivity contribution is 0.103. The number of Topliss-reactive ketones (excluding diaryl/α,β-unsaturated/α-hetero) is 1. The van der Waals surface area contributed by atoms with Crippen LogP contribution < -0.4 is 0 Å². The van der Waals surface area contributed by atoms with Crippen LogP contribution in [0.1, 0.15) is 41.6 Å². The first-order valence-electron chi connectivity index (χ1n) is 7.90. The largest absolute Gasteiger partial charge is 0.289 e. The van der Waals surface area contributed by atoms with Gasteiger partial charge >= 0.3 is 0 Å². The van der Waals surface area contributed by atoms with Crippen LogP contribution >= 0.6 is 0 Å². The third-order valence-corrected chi connectivity index (χ3v) is 4.03. The molecule has 0 aliphatic heterocycles. The molecule has 0 amide bonds. The van der Waals surface area contributed by atoms with Crippen molar-refractivity contribution < 1.29 is 4.79 Å². The van der Waals surface area contributed by atoms with Gasteiger partial charge in [-0.05, 0) is 42.9 Å². The summed E-state index contributed by atoms with van der Waals surface area (Å²) in [5, 5.41) is 0. The molecule has 1 heteroatoms. The van der Waals surface area contributed by atoms with Crippen molar-refractivity contribution in [2.24, 2.45) is 0 Å². The van der Waals surface area contributed by atoms with E-state index in [1.807, 2.05) is 66.7 Å². The summed E-state index contributed by atoms with van der Waals surface area (Å²) < 4.78 is 0. The fraction of sp³-hybridized carbons (Fsp3) is 0.190. The molecule has 1 nitrogen and oxygen atoms in total. The topological polar surface area (TPSA) is 17.1 Å². The highest BCUT2D eigenvalue weighted by Crippen LogP contribution is 2.28. The number of benzene rings is 2. The zero-order valence-electron chi connectivity index (χ0n) is 12.7. The second-order valence-corrected chi connectivity index (χ2v) is 5.64. The molecular formula is C21H20O. The van der Waals surface area contributed by atoms with E-state index in [1.54, 1.807) is 0 Å². The van der Waals surface area contributed by atoms with Crippen LogP contribution in [0.4, 0.5) is 0 Å². The minimum absolute atomic E-state index is 0.123. The quantitative estimate of drug-likeness (QED) is 0.540. The molecule has 0 unspecified atom stereocenters. The van der Waals surface area contributed by atoms with Gasteiger partial charge in [-0.1, -0.05) is 66.7 Å². The maximum atomic E-state index is 12.9. The zero-order valence-corrected chi connectivity index (χ0v) is 12.7. The van der Waals surface area contributed by atoms with Crippen LogP contribution in [-0.2, 0) is 0 Å². The molecule has 3 rings (SSSR count). The molecule has 22 heavy (non-hydrogen) atoms. The van der Waals surface area contributed by atoms with Crippen molar-refractivity contribution >= 4 is 11.9 Å². The SMILES string of the molecule is O=C(C(=Cc1ccccc1)C1=CCCCC1)c1ccccc1. The smallest absolute Gasteiger partial charge is 0.193 e. The number of carbonyl (C=O) groups excluding carboxylic acids is 1. The van der Waals surface area contributed by atoms with Crippen LogP contribution in [0, 0.1) is 0 Å². The summed E-state index contributed by atoms with van der Waals surface area (Å²) in [6.07, 6.45) is 8.73. The number of rotatable bonds is 4. The lowest BCUT2D eigenvalue weighted by Gasteiger charge is -2.16. The molecule has 0 spiro atoms. The van der Waals surface area contributed by atoms with Crippen molar-refractivity contribution in [2.75, 3.05) is 0 Å². The Bertz CT molecular complexity index is 693. The van der Waals surface area contributed by atoms with Gasteiger partial charge in [0.25, 0.3) is 0 Å². The van der Waals surface area contributed by atoms with E-state index in [2.05, 4.69) is 6.08 Å². The molecule has 0 bridgehead atoms. The highest BCUT2D eigenvalue weighted by Gasteiger charge is 2.17. The van der Waals surface area contributed by atoms with E-state index in [1.165, 1.54) is 18.4 Å². The first kappa shape index (κ1) is 14.5. The molecule has 0 saturated heterocycles. The number of hydrogen-bond donors (Lipinski definition) is 0. The first-order valence-corrected chi connectivity index (χ1v) is 7.90. The Kier molecular flexibility index (Phi) is 4.65. The van der Waals surface area contributed by atoms with Crippen LogP contribution in [0.15, 0.2) is 77.9 Å². The van der Waals surface area contributed by atoms with E-state index >= 15 is 0 Å². The van der Waals surface area contributed by atoms with E-state index in [0.717, 1.165) is 29.5 Å². The predicted molar refractivity (Wildman–Crippen MR) is 91.7 cm³/mol. The lowest BCUT2D eigenvalue weighted by Crippen LogP contribution is -2.08. The Labute approximate surface area is 132 Å². The fourth-order valence-electron chi connectivity index (χ4n) is 2.85. The lowest BCUT2D eigenvalue weighted by atomic mass is 9.88. The molecule has 0 aromatic heterocycles. The average Bonchev–Trinajstić information content (AvgIpc) is 2.61. The Morgan fingerprint density at radius 2 is 1.55 bits per heavy atom. The molecule has 110 valence electrons. The second-order valence-electron chi connectivity index (χ2n) is 5.64. The first-order chi connectivity index (χ1) is 10.8. The zero-order chi connectivity index (χ0) is 15.2. The number of hydrogen-bond acceptors (Lipinski definition) is 1. The minimum Gasteiger partial charge on any atom is -0.289 e. The van der Waals surface area contributed by atoms with Gasteiger partial charge in [-0.15, -0.1) is 0 Å². The van der Waals surface area contributed by atoms with E-state index in [0.29, 0.717) is 0 Å². The normalized spacial score (nSPS) is 15.3. The van der Waals surface area contributed by atoms with Gasteiger partial charge in [-0.25, -0.2) is 0 Å². The Balaban J connectivity index is 2.01. The minimum atomic E-state index is 0.123. The molecule has 1 aliphatic carbocycles. The van der Waals surface area contributed by atoms with Gasteiger partial charge in [-0.2, -0.15) is 0 Å². The van der Waals surface area contributed by atoms with Crippen LogP contribution in [0.25, 0.3) is 6.08 Å². The van der Waals surface area contributed by atoms with Crippen molar-refractivity contribution in [1.82, 2.24) is 0 Å². The van der Waals surface area contributed by atoms with E-state index in [-0.39, 0.29) is 5.78 Å². The number of allylic oxidation sites excluding steroid dienone is 3. The highest BCUT2D eigenvalue weighted by atomic mass is 16.1. The molecular weight excluding hydrogens is 268 g/mol. The van der Waals surface area contributed by atoms with Gasteiger partial charge in [0, 0.05) is 11.1 Å². The van der Waals surface area contributed by atoms with Gasteiger partial charge in [0.1, 0.15) is 0 Å². The summed E-state index contributed by atoms with van der Waals surface area (Å²) >= 11 is 0. The summed E-state index contributed by atoms with van der Waals surface area (Å²) in [6, 6.07) is 19.7. The fourth-order valence-corrected chi connectivity index (χ4v) is 2.85.